The first kappa shape index (κ1) is 13.8. The molecule has 1 aromatic rings. The maximum absolute atomic E-state index is 10.9. The highest BCUT2D eigenvalue weighted by Gasteiger charge is 2.34. The highest BCUT2D eigenvalue weighted by Crippen LogP contribution is 2.26. The number of hydrogen-bond acceptors (Lipinski definition) is 4. The van der Waals surface area contributed by atoms with Crippen molar-refractivity contribution in [3.63, 3.8) is 0 Å². The van der Waals surface area contributed by atoms with Gasteiger partial charge in [-0.1, -0.05) is 17.7 Å². The molecule has 1 saturated heterocycles. The number of aryl methyl sites for hydroxylation is 2. The van der Waals surface area contributed by atoms with Crippen LogP contribution >= 0.6 is 0 Å². The standard InChI is InChI=1S/C14H18O5/c1-8-3-4-11(9(2)5-8)18-13-7-10(15)6-12(19-13)14(16)17/h3-5,10,12-13,15H,6-7H2,1-2H3,(H,16,17). The van der Waals surface area contributed by atoms with Crippen LogP contribution in [0.3, 0.4) is 0 Å². The van der Waals surface area contributed by atoms with Gasteiger partial charge in [0.05, 0.1) is 6.10 Å². The van der Waals surface area contributed by atoms with E-state index in [1.165, 1.54) is 0 Å². The second-order valence-corrected chi connectivity index (χ2v) is 4.90. The smallest absolute Gasteiger partial charge is 0.333 e. The molecule has 1 fully saturated rings. The molecule has 104 valence electrons. The summed E-state index contributed by atoms with van der Waals surface area (Å²) in [4.78, 5) is 10.9. The van der Waals surface area contributed by atoms with E-state index in [1.54, 1.807) is 0 Å². The number of carboxylic acid groups (broad SMARTS) is 1. The van der Waals surface area contributed by atoms with Gasteiger partial charge in [-0.2, -0.15) is 0 Å². The van der Waals surface area contributed by atoms with Crippen LogP contribution < -0.4 is 4.74 Å². The highest BCUT2D eigenvalue weighted by atomic mass is 16.7. The third kappa shape index (κ3) is 3.45. The Bertz CT molecular complexity index is 471. The zero-order valence-electron chi connectivity index (χ0n) is 11.0. The minimum Gasteiger partial charge on any atom is -0.479 e. The van der Waals surface area contributed by atoms with Crippen molar-refractivity contribution in [3.05, 3.63) is 29.3 Å². The number of benzene rings is 1. The number of aliphatic hydroxyl groups excluding tert-OH is 1. The molecule has 19 heavy (non-hydrogen) atoms. The fourth-order valence-electron chi connectivity index (χ4n) is 2.17. The topological polar surface area (TPSA) is 76.0 Å². The molecule has 2 N–H and O–H groups in total. The van der Waals surface area contributed by atoms with Crippen molar-refractivity contribution in [1.29, 1.82) is 0 Å². The Morgan fingerprint density at radius 3 is 2.74 bits per heavy atom. The summed E-state index contributed by atoms with van der Waals surface area (Å²) in [6.45, 7) is 3.90. The molecule has 1 heterocycles. The minimum atomic E-state index is -1.08. The summed E-state index contributed by atoms with van der Waals surface area (Å²) in [5.74, 6) is -0.429. The molecule has 0 saturated carbocycles. The predicted molar refractivity (Wildman–Crippen MR) is 68.1 cm³/mol. The zero-order valence-corrected chi connectivity index (χ0v) is 11.0. The van der Waals surface area contributed by atoms with E-state index in [0.29, 0.717) is 5.75 Å². The maximum atomic E-state index is 10.9. The van der Waals surface area contributed by atoms with Crippen LogP contribution in [0.15, 0.2) is 18.2 Å². The molecular formula is C14H18O5. The van der Waals surface area contributed by atoms with Gasteiger partial charge in [0.15, 0.2) is 6.10 Å². The van der Waals surface area contributed by atoms with Gasteiger partial charge in [0, 0.05) is 12.8 Å². The molecule has 1 aliphatic heterocycles. The van der Waals surface area contributed by atoms with Crippen molar-refractivity contribution < 1.29 is 24.5 Å². The number of hydrogen-bond donors (Lipinski definition) is 2. The molecular weight excluding hydrogens is 248 g/mol. The van der Waals surface area contributed by atoms with E-state index in [-0.39, 0.29) is 12.8 Å². The highest BCUT2D eigenvalue weighted by molar-refractivity contribution is 5.72. The van der Waals surface area contributed by atoms with E-state index < -0.39 is 24.5 Å². The number of carbonyl (C=O) groups is 1. The van der Waals surface area contributed by atoms with Crippen molar-refractivity contribution in [2.45, 2.75) is 45.2 Å². The summed E-state index contributed by atoms with van der Waals surface area (Å²) in [7, 11) is 0. The molecule has 0 spiro atoms. The summed E-state index contributed by atoms with van der Waals surface area (Å²) in [6, 6.07) is 5.71. The molecule has 0 radical (unpaired) electrons. The van der Waals surface area contributed by atoms with Gasteiger partial charge in [-0.15, -0.1) is 0 Å². The van der Waals surface area contributed by atoms with Gasteiger partial charge in [-0.3, -0.25) is 0 Å². The Labute approximate surface area is 111 Å². The number of rotatable bonds is 3. The predicted octanol–water partition coefficient (Wildman–Crippen LogP) is 1.63. The van der Waals surface area contributed by atoms with Gasteiger partial charge >= 0.3 is 5.97 Å². The van der Waals surface area contributed by atoms with E-state index in [4.69, 9.17) is 14.6 Å². The zero-order chi connectivity index (χ0) is 14.0. The lowest BCUT2D eigenvalue weighted by Gasteiger charge is -2.31. The Hall–Kier alpha value is -1.59. The Balaban J connectivity index is 2.07. The summed E-state index contributed by atoms with van der Waals surface area (Å²) < 4.78 is 11.0. The molecule has 2 rings (SSSR count). The van der Waals surface area contributed by atoms with Gasteiger partial charge < -0.3 is 19.7 Å². The molecule has 0 amide bonds. The summed E-state index contributed by atoms with van der Waals surface area (Å²) in [5.41, 5.74) is 2.08. The van der Waals surface area contributed by atoms with Gasteiger partial charge in [0.25, 0.3) is 0 Å². The molecule has 3 unspecified atom stereocenters. The molecule has 0 aliphatic carbocycles. The van der Waals surface area contributed by atoms with Crippen molar-refractivity contribution >= 4 is 5.97 Å². The lowest BCUT2D eigenvalue weighted by atomic mass is 10.1. The summed E-state index contributed by atoms with van der Waals surface area (Å²) in [5, 5.41) is 18.6. The quantitative estimate of drug-likeness (QED) is 0.869. The van der Waals surface area contributed by atoms with Crippen molar-refractivity contribution in [2.24, 2.45) is 0 Å². The van der Waals surface area contributed by atoms with E-state index in [1.807, 2.05) is 32.0 Å². The van der Waals surface area contributed by atoms with Gasteiger partial charge in [0.2, 0.25) is 6.29 Å². The average Bonchev–Trinajstić information content (AvgIpc) is 2.32. The first-order chi connectivity index (χ1) is 8.95. The van der Waals surface area contributed by atoms with Crippen molar-refractivity contribution in [1.82, 2.24) is 0 Å². The van der Waals surface area contributed by atoms with Gasteiger partial charge in [-0.05, 0) is 25.5 Å². The van der Waals surface area contributed by atoms with Crippen molar-refractivity contribution in [2.75, 3.05) is 0 Å². The van der Waals surface area contributed by atoms with E-state index in [0.717, 1.165) is 11.1 Å². The fraction of sp³-hybridized carbons (Fsp3) is 0.500. The third-order valence-corrected chi connectivity index (χ3v) is 3.13. The molecule has 3 atom stereocenters. The number of ether oxygens (including phenoxy) is 2. The lowest BCUT2D eigenvalue weighted by molar-refractivity contribution is -0.195. The minimum absolute atomic E-state index is 0.0993. The third-order valence-electron chi connectivity index (χ3n) is 3.13. The second-order valence-electron chi connectivity index (χ2n) is 4.90. The molecule has 5 heteroatoms. The monoisotopic (exact) mass is 266 g/mol. The second kappa shape index (κ2) is 5.59. The van der Waals surface area contributed by atoms with Crippen LogP contribution in [0.2, 0.25) is 0 Å². The fourth-order valence-corrected chi connectivity index (χ4v) is 2.17. The summed E-state index contributed by atoms with van der Waals surface area (Å²) in [6.07, 6.45) is -2.09. The largest absolute Gasteiger partial charge is 0.479 e. The van der Waals surface area contributed by atoms with Crippen LogP contribution in [-0.4, -0.2) is 34.7 Å². The van der Waals surface area contributed by atoms with Crippen molar-refractivity contribution in [3.8, 4) is 5.75 Å². The Morgan fingerprint density at radius 1 is 1.37 bits per heavy atom. The number of aliphatic hydroxyl groups is 1. The van der Waals surface area contributed by atoms with Crippen LogP contribution in [0.25, 0.3) is 0 Å². The van der Waals surface area contributed by atoms with Gasteiger partial charge in [-0.25, -0.2) is 4.79 Å². The maximum Gasteiger partial charge on any atom is 0.333 e. The first-order valence-corrected chi connectivity index (χ1v) is 6.26. The van der Waals surface area contributed by atoms with Crippen LogP contribution in [0.1, 0.15) is 24.0 Å². The average molecular weight is 266 g/mol. The normalized spacial score (nSPS) is 27.0. The number of aliphatic carboxylic acids is 1. The van der Waals surface area contributed by atoms with Gasteiger partial charge in [0.1, 0.15) is 5.75 Å². The molecule has 1 aliphatic rings. The summed E-state index contributed by atoms with van der Waals surface area (Å²) >= 11 is 0. The van der Waals surface area contributed by atoms with E-state index in [2.05, 4.69) is 0 Å². The molecule has 5 nitrogen and oxygen atoms in total. The molecule has 1 aromatic carbocycles. The number of carboxylic acids is 1. The van der Waals surface area contributed by atoms with Crippen LogP contribution in [-0.2, 0) is 9.53 Å². The molecule has 0 bridgehead atoms. The van der Waals surface area contributed by atoms with E-state index in [9.17, 15) is 9.90 Å². The van der Waals surface area contributed by atoms with Crippen LogP contribution in [0.5, 0.6) is 5.75 Å². The first-order valence-electron chi connectivity index (χ1n) is 6.26. The lowest BCUT2D eigenvalue weighted by Crippen LogP contribution is -2.42. The van der Waals surface area contributed by atoms with Crippen LogP contribution in [0.4, 0.5) is 0 Å². The van der Waals surface area contributed by atoms with Crippen LogP contribution in [0, 0.1) is 13.8 Å². The van der Waals surface area contributed by atoms with E-state index >= 15 is 0 Å². The Morgan fingerprint density at radius 2 is 2.11 bits per heavy atom. The SMILES string of the molecule is Cc1ccc(OC2CC(O)CC(C(=O)O)O2)c(C)c1. The molecule has 0 aromatic heterocycles. The Kier molecular flexibility index (Phi) is 4.07.